The van der Waals surface area contributed by atoms with Crippen molar-refractivity contribution in [1.82, 2.24) is 14.8 Å². The summed E-state index contributed by atoms with van der Waals surface area (Å²) in [5.41, 5.74) is 1.10. The first kappa shape index (κ1) is 16.7. The van der Waals surface area contributed by atoms with Crippen molar-refractivity contribution in [1.29, 1.82) is 0 Å². The maximum Gasteiger partial charge on any atom is 0.237 e. The lowest BCUT2D eigenvalue weighted by Gasteiger charge is -2.35. The molecule has 5 nitrogen and oxygen atoms in total. The van der Waals surface area contributed by atoms with E-state index in [1.54, 1.807) is 12.5 Å². The highest BCUT2D eigenvalue weighted by molar-refractivity contribution is 5.78. The zero-order chi connectivity index (χ0) is 16.8. The first-order valence-electron chi connectivity index (χ1n) is 8.65. The second-order valence-electron chi connectivity index (χ2n) is 6.52. The maximum absolute atomic E-state index is 12.8. The molecular weight excluding hydrogens is 302 g/mol. The number of pyridine rings is 1. The van der Waals surface area contributed by atoms with Crippen LogP contribution in [0.2, 0.25) is 0 Å². The Morgan fingerprint density at radius 1 is 1.33 bits per heavy atom. The topological polar surface area (TPSA) is 49.6 Å². The Bertz CT molecular complexity index is 627. The summed E-state index contributed by atoms with van der Waals surface area (Å²) in [5.74, 6) is 1.08. The van der Waals surface area contributed by atoms with Crippen molar-refractivity contribution < 1.29 is 9.21 Å². The Balaban J connectivity index is 1.67. The summed E-state index contributed by atoms with van der Waals surface area (Å²) < 4.78 is 5.47. The summed E-state index contributed by atoms with van der Waals surface area (Å²) >= 11 is 0. The number of rotatable bonds is 6. The second kappa shape index (κ2) is 8.11. The number of furan rings is 1. The summed E-state index contributed by atoms with van der Waals surface area (Å²) in [6, 6.07) is 8.14. The second-order valence-corrected chi connectivity index (χ2v) is 6.52. The Hall–Kier alpha value is -2.14. The van der Waals surface area contributed by atoms with Crippen LogP contribution in [-0.2, 0) is 17.9 Å². The molecule has 0 aliphatic carbocycles. The van der Waals surface area contributed by atoms with Crippen LogP contribution in [0.3, 0.4) is 0 Å². The van der Waals surface area contributed by atoms with Gasteiger partial charge in [0.2, 0.25) is 5.91 Å². The van der Waals surface area contributed by atoms with E-state index < -0.39 is 0 Å². The molecule has 0 bridgehead atoms. The van der Waals surface area contributed by atoms with Gasteiger partial charge in [-0.2, -0.15) is 0 Å². The third-order valence-corrected chi connectivity index (χ3v) is 4.57. The summed E-state index contributed by atoms with van der Waals surface area (Å²) in [5, 5.41) is 0. The van der Waals surface area contributed by atoms with Gasteiger partial charge in [0.15, 0.2) is 0 Å². The monoisotopic (exact) mass is 327 g/mol. The normalized spacial score (nSPS) is 18.1. The van der Waals surface area contributed by atoms with Gasteiger partial charge in [-0.1, -0.05) is 6.07 Å². The van der Waals surface area contributed by atoms with Gasteiger partial charge in [-0.05, 0) is 49.9 Å². The van der Waals surface area contributed by atoms with Crippen LogP contribution >= 0.6 is 0 Å². The van der Waals surface area contributed by atoms with Gasteiger partial charge < -0.3 is 9.32 Å². The largest absolute Gasteiger partial charge is 0.468 e. The minimum absolute atomic E-state index is 0.206. The highest BCUT2D eigenvalue weighted by Crippen LogP contribution is 2.18. The molecular formula is C19H25N3O2. The van der Waals surface area contributed by atoms with Crippen LogP contribution < -0.4 is 0 Å². The van der Waals surface area contributed by atoms with E-state index in [0.29, 0.717) is 25.7 Å². The van der Waals surface area contributed by atoms with E-state index in [0.717, 1.165) is 30.7 Å². The molecule has 1 aliphatic heterocycles. The van der Waals surface area contributed by atoms with Crippen LogP contribution in [0.5, 0.6) is 0 Å². The van der Waals surface area contributed by atoms with E-state index in [9.17, 15) is 4.79 Å². The van der Waals surface area contributed by atoms with Crippen LogP contribution in [0, 0.1) is 0 Å². The van der Waals surface area contributed by atoms with E-state index in [4.69, 9.17) is 4.42 Å². The van der Waals surface area contributed by atoms with Crippen molar-refractivity contribution in [2.45, 2.75) is 45.3 Å². The van der Waals surface area contributed by atoms with Crippen molar-refractivity contribution in [3.63, 3.8) is 0 Å². The lowest BCUT2D eigenvalue weighted by atomic mass is 10.0. The first-order chi connectivity index (χ1) is 11.7. The molecule has 3 rings (SSSR count). The number of hydrogen-bond acceptors (Lipinski definition) is 4. The Labute approximate surface area is 143 Å². The highest BCUT2D eigenvalue weighted by Gasteiger charge is 2.25. The molecule has 3 heterocycles. The molecule has 0 saturated carbocycles. The first-order valence-corrected chi connectivity index (χ1v) is 8.65. The predicted molar refractivity (Wildman–Crippen MR) is 92.1 cm³/mol. The molecule has 2 aromatic heterocycles. The number of carbonyl (C=O) groups is 1. The summed E-state index contributed by atoms with van der Waals surface area (Å²) in [6.07, 6.45) is 8.72. The lowest BCUT2D eigenvalue weighted by Crippen LogP contribution is -2.46. The number of piperidine rings is 1. The van der Waals surface area contributed by atoms with E-state index in [1.807, 2.05) is 35.4 Å². The Morgan fingerprint density at radius 2 is 2.25 bits per heavy atom. The van der Waals surface area contributed by atoms with Crippen molar-refractivity contribution in [2.75, 3.05) is 13.1 Å². The summed E-state index contributed by atoms with van der Waals surface area (Å²) in [6.45, 7) is 4.73. The molecule has 0 N–H and O–H groups in total. The molecule has 0 aromatic carbocycles. The number of amides is 1. The molecule has 24 heavy (non-hydrogen) atoms. The SMILES string of the molecule is CC1CCCCN1C(=O)CN(Cc1cccnc1)Cc1ccco1. The molecule has 1 amide bonds. The van der Waals surface area contributed by atoms with Gasteiger partial charge in [0.05, 0.1) is 19.4 Å². The van der Waals surface area contributed by atoms with Crippen LogP contribution in [0.15, 0.2) is 47.3 Å². The van der Waals surface area contributed by atoms with Crippen LogP contribution in [0.1, 0.15) is 37.5 Å². The van der Waals surface area contributed by atoms with Gasteiger partial charge in [0.1, 0.15) is 5.76 Å². The predicted octanol–water partition coefficient (Wildman–Crippen LogP) is 3.08. The average molecular weight is 327 g/mol. The van der Waals surface area contributed by atoms with Gasteiger partial charge in [0, 0.05) is 31.5 Å². The van der Waals surface area contributed by atoms with Crippen LogP contribution in [0.4, 0.5) is 0 Å². The number of hydrogen-bond donors (Lipinski definition) is 0. The molecule has 1 aliphatic rings. The minimum Gasteiger partial charge on any atom is -0.468 e. The fourth-order valence-corrected chi connectivity index (χ4v) is 3.29. The molecule has 0 spiro atoms. The minimum atomic E-state index is 0.206. The van der Waals surface area contributed by atoms with Gasteiger partial charge in [-0.3, -0.25) is 14.7 Å². The summed E-state index contributed by atoms with van der Waals surface area (Å²) in [7, 11) is 0. The fraction of sp³-hybridized carbons (Fsp3) is 0.474. The fourth-order valence-electron chi connectivity index (χ4n) is 3.29. The van der Waals surface area contributed by atoms with Gasteiger partial charge >= 0.3 is 0 Å². The quantitative estimate of drug-likeness (QED) is 0.818. The van der Waals surface area contributed by atoms with Crippen molar-refractivity contribution in [2.24, 2.45) is 0 Å². The van der Waals surface area contributed by atoms with E-state index in [-0.39, 0.29) is 5.91 Å². The third kappa shape index (κ3) is 4.45. The van der Waals surface area contributed by atoms with Gasteiger partial charge in [-0.15, -0.1) is 0 Å². The van der Waals surface area contributed by atoms with Crippen molar-refractivity contribution >= 4 is 5.91 Å². The van der Waals surface area contributed by atoms with Crippen molar-refractivity contribution in [3.05, 3.63) is 54.2 Å². The van der Waals surface area contributed by atoms with Gasteiger partial charge in [-0.25, -0.2) is 0 Å². The zero-order valence-electron chi connectivity index (χ0n) is 14.2. The zero-order valence-corrected chi connectivity index (χ0v) is 14.2. The van der Waals surface area contributed by atoms with E-state index in [1.165, 1.54) is 6.42 Å². The molecule has 1 atom stereocenters. The molecule has 1 fully saturated rings. The molecule has 1 unspecified atom stereocenters. The molecule has 1 saturated heterocycles. The van der Waals surface area contributed by atoms with Crippen LogP contribution in [0.25, 0.3) is 0 Å². The molecule has 128 valence electrons. The van der Waals surface area contributed by atoms with Crippen LogP contribution in [-0.4, -0.2) is 39.8 Å². The van der Waals surface area contributed by atoms with E-state index >= 15 is 0 Å². The maximum atomic E-state index is 12.8. The molecule has 2 aromatic rings. The Kier molecular flexibility index (Phi) is 5.64. The average Bonchev–Trinajstić information content (AvgIpc) is 3.09. The number of likely N-dealkylation sites (tertiary alicyclic amines) is 1. The Morgan fingerprint density at radius 3 is 2.96 bits per heavy atom. The van der Waals surface area contributed by atoms with E-state index in [2.05, 4.69) is 16.8 Å². The standard InChI is InChI=1S/C19H25N3O2/c1-16-6-2-3-10-22(16)19(23)15-21(14-18-8-5-11-24-18)13-17-7-4-9-20-12-17/h4-5,7-9,11-12,16H,2-3,6,10,13-15H2,1H3. The van der Waals surface area contributed by atoms with Gasteiger partial charge in [0.25, 0.3) is 0 Å². The lowest BCUT2D eigenvalue weighted by molar-refractivity contribution is -0.136. The number of nitrogens with zero attached hydrogens (tertiary/aromatic N) is 3. The van der Waals surface area contributed by atoms with Crippen molar-refractivity contribution in [3.8, 4) is 0 Å². The molecule has 0 radical (unpaired) electrons. The molecule has 5 heteroatoms. The number of carbonyl (C=O) groups excluding carboxylic acids is 1. The summed E-state index contributed by atoms with van der Waals surface area (Å²) in [4.78, 5) is 21.1. The smallest absolute Gasteiger partial charge is 0.237 e. The number of aromatic nitrogens is 1. The highest BCUT2D eigenvalue weighted by atomic mass is 16.3. The third-order valence-electron chi connectivity index (χ3n) is 4.57.